The lowest BCUT2D eigenvalue weighted by atomic mass is 10.1. The molecule has 0 N–H and O–H groups in total. The molecule has 0 saturated carbocycles. The summed E-state index contributed by atoms with van der Waals surface area (Å²) in [5, 5.41) is 0. The predicted octanol–water partition coefficient (Wildman–Crippen LogP) is -1.48. The van der Waals surface area contributed by atoms with Crippen LogP contribution in [0.4, 0.5) is 0 Å². The summed E-state index contributed by atoms with van der Waals surface area (Å²) >= 11 is 0. The van der Waals surface area contributed by atoms with Gasteiger partial charge in [-0.25, -0.2) is 0 Å². The summed E-state index contributed by atoms with van der Waals surface area (Å²) in [7, 11) is 1.38. The summed E-state index contributed by atoms with van der Waals surface area (Å²) in [5.41, 5.74) is -0.496. The molecule has 1 aromatic rings. The van der Waals surface area contributed by atoms with Crippen LogP contribution in [-0.4, -0.2) is 8.05 Å². The molecule has 0 heterocycles. The lowest BCUT2D eigenvalue weighted by Gasteiger charge is -2.03. The van der Waals surface area contributed by atoms with Crippen LogP contribution in [-0.2, 0) is 0 Å². The van der Waals surface area contributed by atoms with Crippen molar-refractivity contribution >= 4 is 8.05 Å². The van der Waals surface area contributed by atoms with Crippen molar-refractivity contribution in [2.45, 2.75) is 6.92 Å². The summed E-state index contributed by atoms with van der Waals surface area (Å²) in [6.07, 6.45) is 0. The predicted molar refractivity (Wildman–Crippen MR) is 35.3 cm³/mol. The Morgan fingerprint density at radius 2 is 1.89 bits per heavy atom. The summed E-state index contributed by atoms with van der Waals surface area (Å²) in [5.74, 6) is 0.208. The molecule has 0 aromatic heterocycles. The maximum Gasteiger partial charge on any atom is 0.322 e. The van der Waals surface area contributed by atoms with Crippen LogP contribution in [0.2, 0.25) is 0 Å². The second-order valence-corrected chi connectivity index (χ2v) is 1.82. The van der Waals surface area contributed by atoms with E-state index in [2.05, 4.69) is 4.65 Å². The summed E-state index contributed by atoms with van der Waals surface area (Å²) in [6, 6.07) is 0. The minimum Gasteiger partial charge on any atom is -0.565 e. The average molecular weight is 124 g/mol. The van der Waals surface area contributed by atoms with Crippen LogP contribution < -0.4 is 15.5 Å². The van der Waals surface area contributed by atoms with Gasteiger partial charge < -0.3 is 4.65 Å². The highest BCUT2D eigenvalue weighted by Crippen LogP contribution is 2.05. The highest BCUT2D eigenvalue weighted by molar-refractivity contribution is 6.00. The van der Waals surface area contributed by atoms with E-state index in [0.717, 1.165) is 0 Å². The molecule has 0 unspecified atom stereocenters. The average Bonchev–Trinajstić information content (AvgIpc) is 1.89. The minimum atomic E-state index is -0.505. The monoisotopic (exact) mass is 124 g/mol. The zero-order valence-corrected chi connectivity index (χ0v) is 5.22. The van der Waals surface area contributed by atoms with E-state index in [0.29, 0.717) is 5.56 Å². The first-order chi connectivity index (χ1) is 4.18. The Kier molecular flexibility index (Phi) is 1.16. The van der Waals surface area contributed by atoms with Crippen molar-refractivity contribution in [3.8, 4) is 5.75 Å². The third-order valence-corrected chi connectivity index (χ3v) is 1.30. The number of hydrogen-bond acceptors (Lipinski definition) is 3. The molecule has 0 atom stereocenters. The molecule has 3 nitrogen and oxygen atoms in total. The van der Waals surface area contributed by atoms with Gasteiger partial charge in [0.1, 0.15) is 0 Å². The molecule has 0 aliphatic carbocycles. The summed E-state index contributed by atoms with van der Waals surface area (Å²) < 4.78 is 4.59. The Balaban J connectivity index is 3.25. The van der Waals surface area contributed by atoms with E-state index < -0.39 is 10.9 Å². The first-order valence-corrected chi connectivity index (χ1v) is 2.52. The molecule has 0 amide bonds. The van der Waals surface area contributed by atoms with Crippen LogP contribution in [0.15, 0.2) is 9.59 Å². The molecular weight excluding hydrogens is 119 g/mol. The van der Waals surface area contributed by atoms with Crippen molar-refractivity contribution < 1.29 is 4.65 Å². The molecule has 0 radical (unpaired) electrons. The van der Waals surface area contributed by atoms with Crippen molar-refractivity contribution in [1.29, 1.82) is 0 Å². The zero-order valence-electron chi connectivity index (χ0n) is 5.22. The van der Waals surface area contributed by atoms with Crippen LogP contribution in [0.25, 0.3) is 0 Å². The Labute approximate surface area is 52.4 Å². The lowest BCUT2D eigenvalue weighted by Crippen LogP contribution is -2.34. The van der Waals surface area contributed by atoms with Gasteiger partial charge in [0.15, 0.2) is 5.75 Å². The molecule has 1 rings (SSSR count). The highest BCUT2D eigenvalue weighted by atomic mass is 16.4. The largest absolute Gasteiger partial charge is 0.565 e. The van der Waals surface area contributed by atoms with Gasteiger partial charge in [0.2, 0.25) is 5.43 Å². The van der Waals surface area contributed by atoms with E-state index in [1.807, 2.05) is 0 Å². The molecule has 0 fully saturated rings. The van der Waals surface area contributed by atoms with Gasteiger partial charge in [-0.05, 0) is 6.92 Å². The van der Waals surface area contributed by atoms with Crippen LogP contribution in [0.3, 0.4) is 0 Å². The Morgan fingerprint density at radius 3 is 2.11 bits per heavy atom. The summed E-state index contributed by atoms with van der Waals surface area (Å²) in [4.78, 5) is 20.9. The molecule has 0 bridgehead atoms. The first-order valence-electron chi connectivity index (χ1n) is 2.52. The third kappa shape index (κ3) is 0.591. The van der Waals surface area contributed by atoms with Crippen molar-refractivity contribution in [2.24, 2.45) is 0 Å². The molecule has 46 valence electrons. The standard InChI is InChI=1S/C5H5BO3/c1-2-3(7)4(8)5(2)9-6/h6H2,1H3. The second kappa shape index (κ2) is 1.72. The zero-order chi connectivity index (χ0) is 7.02. The Bertz CT molecular complexity index is 295. The molecule has 1 aromatic carbocycles. The first kappa shape index (κ1) is 6.07. The van der Waals surface area contributed by atoms with Gasteiger partial charge in [-0.2, -0.15) is 0 Å². The molecule has 0 saturated heterocycles. The summed E-state index contributed by atoms with van der Waals surface area (Å²) in [6.45, 7) is 1.57. The van der Waals surface area contributed by atoms with E-state index in [1.165, 1.54) is 8.05 Å². The van der Waals surface area contributed by atoms with Gasteiger partial charge in [-0.3, -0.25) is 9.59 Å². The quantitative estimate of drug-likeness (QED) is 0.338. The van der Waals surface area contributed by atoms with Crippen molar-refractivity contribution in [3.63, 3.8) is 0 Å². The fourth-order valence-corrected chi connectivity index (χ4v) is 0.730. The number of rotatable bonds is 1. The molecule has 0 aliphatic heterocycles. The van der Waals surface area contributed by atoms with E-state index in [1.54, 1.807) is 6.92 Å². The maximum absolute atomic E-state index is 10.5. The van der Waals surface area contributed by atoms with Crippen LogP contribution in [0, 0.1) is 6.92 Å². The van der Waals surface area contributed by atoms with E-state index >= 15 is 0 Å². The van der Waals surface area contributed by atoms with Crippen molar-refractivity contribution in [1.82, 2.24) is 0 Å². The van der Waals surface area contributed by atoms with E-state index in [4.69, 9.17) is 0 Å². The molecule has 0 spiro atoms. The van der Waals surface area contributed by atoms with Gasteiger partial charge in [0.25, 0.3) is 5.43 Å². The van der Waals surface area contributed by atoms with Crippen LogP contribution >= 0.6 is 0 Å². The lowest BCUT2D eigenvalue weighted by molar-refractivity contribution is 0.592. The van der Waals surface area contributed by atoms with Gasteiger partial charge in [-0.1, -0.05) is 0 Å². The van der Waals surface area contributed by atoms with Crippen LogP contribution in [0.5, 0.6) is 5.75 Å². The van der Waals surface area contributed by atoms with E-state index in [9.17, 15) is 9.59 Å². The van der Waals surface area contributed by atoms with Crippen molar-refractivity contribution in [3.05, 3.63) is 26.0 Å². The fourth-order valence-electron chi connectivity index (χ4n) is 0.730. The fraction of sp³-hybridized carbons (Fsp3) is 0.200. The van der Waals surface area contributed by atoms with Gasteiger partial charge in [0, 0.05) is 5.56 Å². The number of hydrogen-bond donors (Lipinski definition) is 0. The Morgan fingerprint density at radius 1 is 1.33 bits per heavy atom. The van der Waals surface area contributed by atoms with Crippen molar-refractivity contribution in [2.75, 3.05) is 0 Å². The topological polar surface area (TPSA) is 43.4 Å². The second-order valence-electron chi connectivity index (χ2n) is 1.82. The SMILES string of the molecule is BOc1c(C)c(=O)c1=O. The maximum atomic E-state index is 10.5. The van der Waals surface area contributed by atoms with Crippen LogP contribution in [0.1, 0.15) is 5.56 Å². The normalized spacial score (nSPS) is 9.89. The molecule has 9 heavy (non-hydrogen) atoms. The Hall–Kier alpha value is -1.06. The minimum absolute atomic E-state index is 0.208. The highest BCUT2D eigenvalue weighted by Gasteiger charge is 2.15. The smallest absolute Gasteiger partial charge is 0.322 e. The molecule has 0 aliphatic rings. The van der Waals surface area contributed by atoms with Gasteiger partial charge in [0.05, 0.1) is 0 Å². The molecule has 4 heteroatoms. The van der Waals surface area contributed by atoms with E-state index in [-0.39, 0.29) is 5.75 Å². The van der Waals surface area contributed by atoms with Gasteiger partial charge >= 0.3 is 8.05 Å². The third-order valence-electron chi connectivity index (χ3n) is 1.30. The molecular formula is C5H5BO3. The van der Waals surface area contributed by atoms with Gasteiger partial charge in [-0.15, -0.1) is 0 Å².